The molecule has 0 saturated carbocycles. The normalized spacial score (nSPS) is 16.2. The molecule has 0 aromatic heterocycles. The van der Waals surface area contributed by atoms with Crippen molar-refractivity contribution in [1.82, 2.24) is 10.2 Å². The van der Waals surface area contributed by atoms with Crippen LogP contribution < -0.4 is 5.32 Å². The average molecular weight is 354 g/mol. The third kappa shape index (κ3) is 3.62. The second-order valence-electron chi connectivity index (χ2n) is 6.73. The molecule has 26 heavy (non-hydrogen) atoms. The zero-order valence-corrected chi connectivity index (χ0v) is 14.9. The monoisotopic (exact) mass is 354 g/mol. The maximum Gasteiger partial charge on any atom is 0.231 e. The second-order valence-corrected chi connectivity index (χ2v) is 6.73. The van der Waals surface area contributed by atoms with Gasteiger partial charge in [-0.05, 0) is 24.5 Å². The Balaban J connectivity index is 1.81. The van der Waals surface area contributed by atoms with Crippen molar-refractivity contribution in [1.29, 1.82) is 0 Å². The predicted molar refractivity (Wildman–Crippen MR) is 97.9 cm³/mol. The Labute approximate surface area is 153 Å². The third-order valence-electron chi connectivity index (χ3n) is 5.22. The van der Waals surface area contributed by atoms with E-state index in [4.69, 9.17) is 0 Å². The predicted octanol–water partition coefficient (Wildman–Crippen LogP) is 3.02. The van der Waals surface area contributed by atoms with E-state index in [1.54, 1.807) is 30.0 Å². The van der Waals surface area contributed by atoms with Crippen LogP contribution in [0, 0.1) is 5.82 Å². The van der Waals surface area contributed by atoms with Gasteiger partial charge in [0.1, 0.15) is 5.82 Å². The largest absolute Gasteiger partial charge is 0.351 e. The Morgan fingerprint density at radius 3 is 2.27 bits per heavy atom. The summed E-state index contributed by atoms with van der Waals surface area (Å²) in [7, 11) is 0. The smallest absolute Gasteiger partial charge is 0.231 e. The molecule has 2 aromatic rings. The van der Waals surface area contributed by atoms with Gasteiger partial charge < -0.3 is 10.2 Å². The van der Waals surface area contributed by atoms with Gasteiger partial charge in [-0.1, -0.05) is 48.5 Å². The van der Waals surface area contributed by atoms with E-state index in [-0.39, 0.29) is 24.2 Å². The van der Waals surface area contributed by atoms with Crippen LogP contribution in [0.5, 0.6) is 0 Å². The van der Waals surface area contributed by atoms with E-state index < -0.39 is 5.41 Å². The first-order chi connectivity index (χ1) is 12.5. The fraction of sp³-hybridized carbons (Fsp3) is 0.333. The summed E-state index contributed by atoms with van der Waals surface area (Å²) in [4.78, 5) is 26.6. The summed E-state index contributed by atoms with van der Waals surface area (Å²) >= 11 is 0. The van der Waals surface area contributed by atoms with Crippen LogP contribution >= 0.6 is 0 Å². The van der Waals surface area contributed by atoms with E-state index in [1.807, 2.05) is 30.3 Å². The molecule has 0 radical (unpaired) electrons. The summed E-state index contributed by atoms with van der Waals surface area (Å²) in [5.74, 6) is -0.415. The fourth-order valence-corrected chi connectivity index (χ4v) is 3.59. The van der Waals surface area contributed by atoms with Gasteiger partial charge in [0.15, 0.2) is 0 Å². The number of carbonyl (C=O) groups excluding carboxylic acids is 2. The lowest BCUT2D eigenvalue weighted by Gasteiger charge is -2.40. The van der Waals surface area contributed by atoms with Crippen LogP contribution in [-0.4, -0.2) is 29.8 Å². The molecule has 1 aliphatic rings. The van der Waals surface area contributed by atoms with Gasteiger partial charge in [0.2, 0.25) is 11.8 Å². The number of hydrogen-bond acceptors (Lipinski definition) is 2. The Morgan fingerprint density at radius 2 is 1.65 bits per heavy atom. The van der Waals surface area contributed by atoms with Crippen LogP contribution in [0.3, 0.4) is 0 Å². The summed E-state index contributed by atoms with van der Waals surface area (Å²) in [6.07, 6.45) is 1.11. The molecule has 3 rings (SSSR count). The minimum Gasteiger partial charge on any atom is -0.351 e. The highest BCUT2D eigenvalue weighted by Gasteiger charge is 2.43. The number of rotatable bonds is 4. The highest BCUT2D eigenvalue weighted by atomic mass is 19.1. The number of halogens is 1. The number of likely N-dealkylation sites (tertiary alicyclic amines) is 1. The Bertz CT molecular complexity index is 784. The fourth-order valence-electron chi connectivity index (χ4n) is 3.59. The Morgan fingerprint density at radius 1 is 1.04 bits per heavy atom. The lowest BCUT2D eigenvalue weighted by Crippen LogP contribution is -2.52. The molecule has 1 N–H and O–H groups in total. The van der Waals surface area contributed by atoms with E-state index in [2.05, 4.69) is 5.32 Å². The molecule has 0 bridgehead atoms. The van der Waals surface area contributed by atoms with Crippen LogP contribution in [-0.2, 0) is 21.5 Å². The highest BCUT2D eigenvalue weighted by molar-refractivity contribution is 5.88. The van der Waals surface area contributed by atoms with Crippen LogP contribution in [0.1, 0.15) is 30.9 Å². The molecule has 0 unspecified atom stereocenters. The number of benzene rings is 2. The number of piperidine rings is 1. The number of nitrogens with one attached hydrogen (secondary N) is 1. The van der Waals surface area contributed by atoms with Gasteiger partial charge in [-0.2, -0.15) is 0 Å². The van der Waals surface area contributed by atoms with Crippen LogP contribution in [0.15, 0.2) is 54.6 Å². The zero-order valence-electron chi connectivity index (χ0n) is 14.9. The van der Waals surface area contributed by atoms with Gasteiger partial charge in [-0.25, -0.2) is 4.39 Å². The minimum atomic E-state index is -0.696. The van der Waals surface area contributed by atoms with Gasteiger partial charge in [0, 0.05) is 32.1 Å². The van der Waals surface area contributed by atoms with Crippen molar-refractivity contribution in [2.45, 2.75) is 31.7 Å². The van der Waals surface area contributed by atoms with E-state index in [0.717, 1.165) is 5.56 Å². The summed E-state index contributed by atoms with van der Waals surface area (Å²) < 4.78 is 13.8. The first-order valence-electron chi connectivity index (χ1n) is 8.86. The van der Waals surface area contributed by atoms with Crippen molar-refractivity contribution in [2.24, 2.45) is 0 Å². The topological polar surface area (TPSA) is 49.4 Å². The van der Waals surface area contributed by atoms with Gasteiger partial charge in [0.25, 0.3) is 0 Å². The maximum atomic E-state index is 13.8. The molecule has 1 saturated heterocycles. The summed E-state index contributed by atoms with van der Waals surface area (Å²) in [6, 6.07) is 16.1. The molecule has 0 atom stereocenters. The van der Waals surface area contributed by atoms with Crippen molar-refractivity contribution in [3.8, 4) is 0 Å². The van der Waals surface area contributed by atoms with E-state index in [0.29, 0.717) is 31.5 Å². The SMILES string of the molecule is CC(=O)N1CCC(C(=O)NCc2ccccc2F)(c2ccccc2)CC1. The second kappa shape index (κ2) is 7.68. The number of hydrogen-bond donors (Lipinski definition) is 1. The minimum absolute atomic E-state index is 0.0263. The molecule has 1 fully saturated rings. The summed E-state index contributed by atoms with van der Waals surface area (Å²) in [6.45, 7) is 2.78. The highest BCUT2D eigenvalue weighted by Crippen LogP contribution is 2.36. The number of nitrogens with zero attached hydrogens (tertiary/aromatic N) is 1. The molecule has 0 aliphatic carbocycles. The Hall–Kier alpha value is -2.69. The van der Waals surface area contributed by atoms with Crippen molar-refractivity contribution < 1.29 is 14.0 Å². The lowest BCUT2D eigenvalue weighted by atomic mass is 9.72. The average Bonchev–Trinajstić information content (AvgIpc) is 2.67. The lowest BCUT2D eigenvalue weighted by molar-refractivity contribution is -0.135. The molecule has 2 amide bonds. The zero-order chi connectivity index (χ0) is 18.6. The number of carbonyl (C=O) groups is 2. The van der Waals surface area contributed by atoms with Gasteiger partial charge in [0.05, 0.1) is 5.41 Å². The van der Waals surface area contributed by atoms with Crippen molar-refractivity contribution in [2.75, 3.05) is 13.1 Å². The molecule has 136 valence electrons. The van der Waals surface area contributed by atoms with Crippen molar-refractivity contribution in [3.63, 3.8) is 0 Å². The van der Waals surface area contributed by atoms with Crippen molar-refractivity contribution in [3.05, 3.63) is 71.5 Å². The van der Waals surface area contributed by atoms with E-state index in [9.17, 15) is 14.0 Å². The molecule has 1 aliphatic heterocycles. The van der Waals surface area contributed by atoms with E-state index >= 15 is 0 Å². The molecular formula is C21H23FN2O2. The van der Waals surface area contributed by atoms with Gasteiger partial charge >= 0.3 is 0 Å². The summed E-state index contributed by atoms with van der Waals surface area (Å²) in [5, 5.41) is 2.91. The van der Waals surface area contributed by atoms with Gasteiger partial charge in [-0.3, -0.25) is 9.59 Å². The quantitative estimate of drug-likeness (QED) is 0.918. The molecule has 0 spiro atoms. The summed E-state index contributed by atoms with van der Waals surface area (Å²) in [5.41, 5.74) is 0.706. The standard InChI is InChI=1S/C21H23FN2O2/c1-16(25)24-13-11-21(12-14-24,18-8-3-2-4-9-18)20(26)23-15-17-7-5-6-10-19(17)22/h2-10H,11-15H2,1H3,(H,23,26). The van der Waals surface area contributed by atoms with Gasteiger partial charge in [-0.15, -0.1) is 0 Å². The number of amides is 2. The van der Waals surface area contributed by atoms with Crippen LogP contribution in [0.2, 0.25) is 0 Å². The Kier molecular flexibility index (Phi) is 5.35. The third-order valence-corrected chi connectivity index (χ3v) is 5.22. The molecule has 2 aromatic carbocycles. The first-order valence-corrected chi connectivity index (χ1v) is 8.86. The molecule has 1 heterocycles. The maximum absolute atomic E-state index is 13.8. The molecule has 4 nitrogen and oxygen atoms in total. The molecular weight excluding hydrogens is 331 g/mol. The van der Waals surface area contributed by atoms with Crippen LogP contribution in [0.4, 0.5) is 4.39 Å². The van der Waals surface area contributed by atoms with Crippen LogP contribution in [0.25, 0.3) is 0 Å². The molecule has 5 heteroatoms. The first kappa shape index (κ1) is 18.1. The van der Waals surface area contributed by atoms with Crippen molar-refractivity contribution >= 4 is 11.8 Å². The van der Waals surface area contributed by atoms with E-state index in [1.165, 1.54) is 6.07 Å².